The van der Waals surface area contributed by atoms with E-state index in [0.717, 1.165) is 12.1 Å². The Morgan fingerprint density at radius 1 is 1.36 bits per heavy atom. The van der Waals surface area contributed by atoms with E-state index in [1.807, 2.05) is 36.2 Å². The van der Waals surface area contributed by atoms with Crippen LogP contribution in [0, 0.1) is 11.8 Å². The molecule has 0 bridgehead atoms. The maximum absolute atomic E-state index is 13.2. The third-order valence-corrected chi connectivity index (χ3v) is 5.35. The summed E-state index contributed by atoms with van der Waals surface area (Å²) >= 11 is 0. The molecule has 0 aliphatic carbocycles. The minimum absolute atomic E-state index is 0.0252. The fourth-order valence-corrected chi connectivity index (χ4v) is 3.80. The maximum atomic E-state index is 13.2. The molecule has 8 heteroatoms. The summed E-state index contributed by atoms with van der Waals surface area (Å²) in [6, 6.07) is 7.48. The summed E-state index contributed by atoms with van der Waals surface area (Å²) in [5.74, 6) is 0.797. The number of likely N-dealkylation sites (tertiary alicyclic amines) is 1. The smallest absolute Gasteiger partial charge is 0.257 e. The molecule has 2 aromatic rings. The first kappa shape index (κ1) is 20.3. The van der Waals surface area contributed by atoms with Gasteiger partial charge in [0.2, 0.25) is 0 Å². The van der Waals surface area contributed by atoms with Crippen molar-refractivity contribution in [2.75, 3.05) is 53.6 Å². The van der Waals surface area contributed by atoms with E-state index in [0.29, 0.717) is 36.6 Å². The van der Waals surface area contributed by atoms with Crippen LogP contribution in [0.15, 0.2) is 30.5 Å². The molecule has 8 nitrogen and oxygen atoms in total. The van der Waals surface area contributed by atoms with Gasteiger partial charge in [0.05, 0.1) is 31.2 Å². The Kier molecular flexibility index (Phi) is 6.66. The number of amides is 1. The van der Waals surface area contributed by atoms with Crippen molar-refractivity contribution in [1.82, 2.24) is 20.0 Å². The predicted octanol–water partition coefficient (Wildman–Crippen LogP) is 0.690. The summed E-state index contributed by atoms with van der Waals surface area (Å²) in [5, 5.41) is 25.9. The Morgan fingerprint density at radius 2 is 2.14 bits per heavy atom. The van der Waals surface area contributed by atoms with Crippen LogP contribution in [0.4, 0.5) is 0 Å². The van der Waals surface area contributed by atoms with Crippen molar-refractivity contribution in [2.45, 2.75) is 0 Å². The molecular weight excluding hydrogens is 360 g/mol. The van der Waals surface area contributed by atoms with Gasteiger partial charge >= 0.3 is 0 Å². The van der Waals surface area contributed by atoms with Gasteiger partial charge in [0, 0.05) is 44.3 Å². The molecule has 1 fully saturated rings. The number of likely N-dealkylation sites (N-methyl/N-ethyl adjacent to an activating group) is 1. The second kappa shape index (κ2) is 9.18. The molecule has 28 heavy (non-hydrogen) atoms. The molecule has 0 saturated carbocycles. The number of aliphatic hydroxyl groups is 2. The summed E-state index contributed by atoms with van der Waals surface area (Å²) < 4.78 is 5.27. The number of aromatic amines is 1. The largest absolute Gasteiger partial charge is 0.497 e. The number of nitrogens with zero attached hydrogens (tertiary/aromatic N) is 3. The van der Waals surface area contributed by atoms with Crippen molar-refractivity contribution in [2.24, 2.45) is 11.8 Å². The van der Waals surface area contributed by atoms with Crippen LogP contribution in [0.3, 0.4) is 0 Å². The number of methoxy groups -OCH3 is 1. The molecule has 1 aliphatic rings. The Balaban J connectivity index is 1.77. The predicted molar refractivity (Wildman–Crippen MR) is 105 cm³/mol. The van der Waals surface area contributed by atoms with Crippen molar-refractivity contribution in [3.05, 3.63) is 36.0 Å². The third-order valence-electron chi connectivity index (χ3n) is 5.35. The second-order valence-electron chi connectivity index (χ2n) is 7.29. The molecule has 1 saturated heterocycles. The fourth-order valence-electron chi connectivity index (χ4n) is 3.80. The van der Waals surface area contributed by atoms with Gasteiger partial charge in [0.1, 0.15) is 5.75 Å². The van der Waals surface area contributed by atoms with Crippen LogP contribution in [0.5, 0.6) is 5.75 Å². The van der Waals surface area contributed by atoms with Gasteiger partial charge in [0.15, 0.2) is 0 Å². The highest BCUT2D eigenvalue weighted by atomic mass is 16.5. The Labute approximate surface area is 164 Å². The van der Waals surface area contributed by atoms with Crippen molar-refractivity contribution < 1.29 is 19.7 Å². The number of ether oxygens (including phenoxy) is 1. The number of rotatable bonds is 8. The van der Waals surface area contributed by atoms with E-state index < -0.39 is 0 Å². The molecule has 1 amide bonds. The molecule has 1 aromatic heterocycles. The molecule has 3 N–H and O–H groups in total. The van der Waals surface area contributed by atoms with Crippen molar-refractivity contribution in [3.63, 3.8) is 0 Å². The second-order valence-corrected chi connectivity index (χ2v) is 7.29. The minimum Gasteiger partial charge on any atom is -0.497 e. The van der Waals surface area contributed by atoms with Crippen LogP contribution in [0.2, 0.25) is 0 Å². The number of benzene rings is 1. The molecule has 0 spiro atoms. The van der Waals surface area contributed by atoms with Gasteiger partial charge in [-0.1, -0.05) is 12.1 Å². The van der Waals surface area contributed by atoms with E-state index in [1.165, 1.54) is 0 Å². The maximum Gasteiger partial charge on any atom is 0.257 e. The summed E-state index contributed by atoms with van der Waals surface area (Å²) in [4.78, 5) is 17.0. The molecule has 2 heterocycles. The zero-order valence-corrected chi connectivity index (χ0v) is 16.3. The zero-order valence-electron chi connectivity index (χ0n) is 16.3. The number of H-pyrrole nitrogens is 1. The van der Waals surface area contributed by atoms with E-state index in [-0.39, 0.29) is 31.0 Å². The van der Waals surface area contributed by atoms with Gasteiger partial charge in [-0.25, -0.2) is 0 Å². The monoisotopic (exact) mass is 388 g/mol. The number of carbonyl (C=O) groups is 1. The number of nitrogens with one attached hydrogen (secondary N) is 1. The SMILES string of the molecule is COc1cccc(-c2[nH]ncc2C(=O)N2CC(CO)C(CN(C)CCO)C2)c1. The molecule has 1 aromatic carbocycles. The molecule has 152 valence electrons. The molecule has 3 rings (SSSR count). The topological polar surface area (TPSA) is 102 Å². The lowest BCUT2D eigenvalue weighted by Gasteiger charge is -2.23. The number of aliphatic hydroxyl groups excluding tert-OH is 2. The first-order valence-corrected chi connectivity index (χ1v) is 9.44. The third kappa shape index (κ3) is 4.35. The Bertz CT molecular complexity index is 794. The van der Waals surface area contributed by atoms with Crippen LogP contribution in [0.1, 0.15) is 10.4 Å². The van der Waals surface area contributed by atoms with E-state index in [4.69, 9.17) is 9.84 Å². The lowest BCUT2D eigenvalue weighted by Crippen LogP contribution is -2.33. The normalized spacial score (nSPS) is 19.4. The van der Waals surface area contributed by atoms with E-state index >= 15 is 0 Å². The number of carbonyl (C=O) groups excluding carboxylic acids is 1. The van der Waals surface area contributed by atoms with Crippen LogP contribution >= 0.6 is 0 Å². The van der Waals surface area contributed by atoms with Gasteiger partial charge < -0.3 is 24.7 Å². The molecule has 0 radical (unpaired) electrons. The van der Waals surface area contributed by atoms with Gasteiger partial charge in [-0.05, 0) is 25.1 Å². The molecule has 2 unspecified atom stereocenters. The first-order chi connectivity index (χ1) is 13.6. The van der Waals surface area contributed by atoms with Crippen LogP contribution in [-0.2, 0) is 0 Å². The zero-order chi connectivity index (χ0) is 20.1. The van der Waals surface area contributed by atoms with Gasteiger partial charge in [-0.2, -0.15) is 5.10 Å². The quantitative estimate of drug-likeness (QED) is 0.615. The van der Waals surface area contributed by atoms with Crippen molar-refractivity contribution >= 4 is 5.91 Å². The standard InChI is InChI=1S/C20H28N4O4/c1-23(6-7-25)10-15-11-24(12-16(15)13-26)20(27)18-9-21-22-19(18)14-4-3-5-17(8-14)28-2/h3-5,8-9,15-16,25-26H,6-7,10-13H2,1-2H3,(H,21,22). The van der Waals surface area contributed by atoms with E-state index in [9.17, 15) is 9.90 Å². The van der Waals surface area contributed by atoms with Gasteiger partial charge in [-0.3, -0.25) is 9.89 Å². The Hall–Kier alpha value is -2.42. The summed E-state index contributed by atoms with van der Waals surface area (Å²) in [5.41, 5.74) is 2.00. The fraction of sp³-hybridized carbons (Fsp3) is 0.500. The van der Waals surface area contributed by atoms with Crippen LogP contribution in [0.25, 0.3) is 11.3 Å². The highest BCUT2D eigenvalue weighted by molar-refractivity contribution is 6.00. The van der Waals surface area contributed by atoms with Gasteiger partial charge in [-0.15, -0.1) is 0 Å². The lowest BCUT2D eigenvalue weighted by molar-refractivity contribution is 0.0779. The van der Waals surface area contributed by atoms with E-state index in [2.05, 4.69) is 10.2 Å². The van der Waals surface area contributed by atoms with Crippen LogP contribution < -0.4 is 4.74 Å². The number of hydrogen-bond acceptors (Lipinski definition) is 6. The molecular formula is C20H28N4O4. The van der Waals surface area contributed by atoms with Gasteiger partial charge in [0.25, 0.3) is 5.91 Å². The highest BCUT2D eigenvalue weighted by Crippen LogP contribution is 2.29. The number of aromatic nitrogens is 2. The average molecular weight is 388 g/mol. The molecule has 1 aliphatic heterocycles. The summed E-state index contributed by atoms with van der Waals surface area (Å²) in [6.07, 6.45) is 1.55. The van der Waals surface area contributed by atoms with Crippen LogP contribution in [-0.4, -0.2) is 89.7 Å². The van der Waals surface area contributed by atoms with E-state index in [1.54, 1.807) is 18.2 Å². The summed E-state index contributed by atoms with van der Waals surface area (Å²) in [7, 11) is 3.54. The number of hydrogen-bond donors (Lipinski definition) is 3. The Morgan fingerprint density at radius 3 is 2.86 bits per heavy atom. The highest BCUT2D eigenvalue weighted by Gasteiger charge is 2.36. The van der Waals surface area contributed by atoms with Crippen molar-refractivity contribution in [1.29, 1.82) is 0 Å². The lowest BCUT2D eigenvalue weighted by atomic mass is 9.96. The molecule has 2 atom stereocenters. The first-order valence-electron chi connectivity index (χ1n) is 9.44. The minimum atomic E-state index is -0.0997. The van der Waals surface area contributed by atoms with Crippen molar-refractivity contribution in [3.8, 4) is 17.0 Å². The average Bonchev–Trinajstić information content (AvgIpc) is 3.34. The summed E-state index contributed by atoms with van der Waals surface area (Å²) in [6.45, 7) is 2.51.